The summed E-state index contributed by atoms with van der Waals surface area (Å²) in [5.74, 6) is 0.724. The highest BCUT2D eigenvalue weighted by Gasteiger charge is 2.09. The summed E-state index contributed by atoms with van der Waals surface area (Å²) in [6.07, 6.45) is 0.976. The average Bonchev–Trinajstić information content (AvgIpc) is 2.48. The first kappa shape index (κ1) is 15.6. The molecule has 0 amide bonds. The number of aryl methyl sites for hydroxylation is 2. The van der Waals surface area contributed by atoms with E-state index in [1.54, 1.807) is 6.07 Å². The molecule has 0 spiro atoms. The van der Waals surface area contributed by atoms with E-state index in [0.717, 1.165) is 16.5 Å². The van der Waals surface area contributed by atoms with Crippen molar-refractivity contribution in [1.82, 2.24) is 0 Å². The molecule has 0 bridgehead atoms. The van der Waals surface area contributed by atoms with E-state index < -0.39 is 5.97 Å². The minimum atomic E-state index is -0.431. The minimum Gasteiger partial charge on any atom is -0.482 e. The van der Waals surface area contributed by atoms with Crippen molar-refractivity contribution in [3.05, 3.63) is 58.1 Å². The Balaban J connectivity index is 1.89. The lowest BCUT2D eigenvalue weighted by molar-refractivity contribution is -0.136. The first-order valence-corrected chi connectivity index (χ1v) is 7.56. The number of hydrogen-bond donors (Lipinski definition) is 0. The van der Waals surface area contributed by atoms with Gasteiger partial charge in [-0.3, -0.25) is 0 Å². The quantitative estimate of drug-likeness (QED) is 0.596. The molecule has 0 aromatic heterocycles. The second kappa shape index (κ2) is 7.27. The monoisotopic (exact) mass is 348 g/mol. The molecule has 2 rings (SSSR count). The van der Waals surface area contributed by atoms with Crippen molar-refractivity contribution in [2.45, 2.75) is 20.3 Å². The van der Waals surface area contributed by atoms with Gasteiger partial charge in [-0.2, -0.15) is 0 Å². The van der Waals surface area contributed by atoms with Crippen LogP contribution < -0.4 is 9.47 Å². The number of halogens is 1. The number of carbonyl (C=O) groups excluding carboxylic acids is 1. The van der Waals surface area contributed by atoms with Crippen molar-refractivity contribution in [2.75, 3.05) is 6.61 Å². The zero-order chi connectivity index (χ0) is 15.2. The maximum atomic E-state index is 11.8. The van der Waals surface area contributed by atoms with Crippen LogP contribution >= 0.6 is 15.9 Å². The Morgan fingerprint density at radius 3 is 2.48 bits per heavy atom. The van der Waals surface area contributed by atoms with Crippen LogP contribution in [-0.4, -0.2) is 12.6 Å². The van der Waals surface area contributed by atoms with Crippen LogP contribution in [-0.2, 0) is 11.2 Å². The predicted molar refractivity (Wildman–Crippen MR) is 85.8 cm³/mol. The molecule has 0 saturated heterocycles. The van der Waals surface area contributed by atoms with E-state index in [0.29, 0.717) is 11.5 Å². The van der Waals surface area contributed by atoms with E-state index >= 15 is 0 Å². The third kappa shape index (κ3) is 4.60. The summed E-state index contributed by atoms with van der Waals surface area (Å²) in [7, 11) is 0. The van der Waals surface area contributed by atoms with Gasteiger partial charge in [-0.1, -0.05) is 25.1 Å². The number of hydrogen-bond acceptors (Lipinski definition) is 3. The molecule has 0 fully saturated rings. The highest BCUT2D eigenvalue weighted by Crippen LogP contribution is 2.25. The van der Waals surface area contributed by atoms with Gasteiger partial charge in [0.05, 0.1) is 4.47 Å². The normalized spacial score (nSPS) is 10.2. The second-order valence-corrected chi connectivity index (χ2v) is 5.55. The lowest BCUT2D eigenvalue weighted by Crippen LogP contribution is -2.17. The van der Waals surface area contributed by atoms with Crippen LogP contribution in [0.3, 0.4) is 0 Å². The fourth-order valence-electron chi connectivity index (χ4n) is 1.80. The Kier molecular flexibility index (Phi) is 5.39. The Labute approximate surface area is 133 Å². The lowest BCUT2D eigenvalue weighted by atomic mass is 10.2. The minimum absolute atomic E-state index is 0.119. The van der Waals surface area contributed by atoms with Gasteiger partial charge in [-0.05, 0) is 64.7 Å². The molecule has 21 heavy (non-hydrogen) atoms. The fraction of sp³-hybridized carbons (Fsp3) is 0.235. The van der Waals surface area contributed by atoms with Gasteiger partial charge < -0.3 is 9.47 Å². The molecule has 2 aromatic rings. The molecule has 3 nitrogen and oxygen atoms in total. The molecule has 0 N–H and O–H groups in total. The van der Waals surface area contributed by atoms with Gasteiger partial charge in [0.1, 0.15) is 11.5 Å². The second-order valence-electron chi connectivity index (χ2n) is 4.69. The van der Waals surface area contributed by atoms with Gasteiger partial charge in [0, 0.05) is 0 Å². The molecule has 4 heteroatoms. The first-order chi connectivity index (χ1) is 10.1. The number of esters is 1. The zero-order valence-electron chi connectivity index (χ0n) is 12.1. The summed E-state index contributed by atoms with van der Waals surface area (Å²) in [4.78, 5) is 11.8. The van der Waals surface area contributed by atoms with Crippen molar-refractivity contribution in [2.24, 2.45) is 0 Å². The molecule has 0 atom stereocenters. The summed E-state index contributed by atoms with van der Waals surface area (Å²) in [5.41, 5.74) is 2.32. The van der Waals surface area contributed by atoms with Crippen LogP contribution in [0.4, 0.5) is 0 Å². The van der Waals surface area contributed by atoms with Gasteiger partial charge in [-0.25, -0.2) is 4.79 Å². The smallest absolute Gasteiger partial charge is 0.349 e. The Hall–Kier alpha value is -1.81. The molecule has 110 valence electrons. The molecular weight excluding hydrogens is 332 g/mol. The zero-order valence-corrected chi connectivity index (χ0v) is 13.6. The highest BCUT2D eigenvalue weighted by molar-refractivity contribution is 9.10. The van der Waals surface area contributed by atoms with E-state index in [9.17, 15) is 4.79 Å². The van der Waals surface area contributed by atoms with Crippen molar-refractivity contribution >= 4 is 21.9 Å². The van der Waals surface area contributed by atoms with Gasteiger partial charge in [0.2, 0.25) is 0 Å². The summed E-state index contributed by atoms with van der Waals surface area (Å²) in [6.45, 7) is 3.94. The van der Waals surface area contributed by atoms with Crippen molar-refractivity contribution in [3.8, 4) is 11.5 Å². The van der Waals surface area contributed by atoms with Crippen LogP contribution in [0.15, 0.2) is 46.9 Å². The molecule has 0 unspecified atom stereocenters. The van der Waals surface area contributed by atoms with E-state index in [2.05, 4.69) is 22.9 Å². The average molecular weight is 349 g/mol. The fourth-order valence-corrected chi connectivity index (χ4v) is 2.38. The van der Waals surface area contributed by atoms with E-state index in [1.165, 1.54) is 5.56 Å². The van der Waals surface area contributed by atoms with Gasteiger partial charge >= 0.3 is 5.97 Å². The molecule has 0 aliphatic carbocycles. The van der Waals surface area contributed by atoms with Crippen LogP contribution in [0.25, 0.3) is 0 Å². The van der Waals surface area contributed by atoms with Gasteiger partial charge in [-0.15, -0.1) is 0 Å². The van der Waals surface area contributed by atoms with Crippen LogP contribution in [0, 0.1) is 6.92 Å². The standard InChI is InChI=1S/C17H17BrO3/c1-3-13-5-7-14(8-6-13)20-11-17(19)21-16-9-4-12(2)10-15(16)18/h4-10H,3,11H2,1-2H3. The maximum Gasteiger partial charge on any atom is 0.349 e. The third-order valence-electron chi connectivity index (χ3n) is 3.00. The third-order valence-corrected chi connectivity index (χ3v) is 3.62. The van der Waals surface area contributed by atoms with Crippen LogP contribution in [0.2, 0.25) is 0 Å². The van der Waals surface area contributed by atoms with Crippen molar-refractivity contribution in [1.29, 1.82) is 0 Å². The van der Waals surface area contributed by atoms with E-state index in [4.69, 9.17) is 9.47 Å². The highest BCUT2D eigenvalue weighted by atomic mass is 79.9. The Morgan fingerprint density at radius 1 is 1.14 bits per heavy atom. The SMILES string of the molecule is CCc1ccc(OCC(=O)Oc2ccc(C)cc2Br)cc1. The number of rotatable bonds is 5. The van der Waals surface area contributed by atoms with Gasteiger partial charge in [0.25, 0.3) is 0 Å². The first-order valence-electron chi connectivity index (χ1n) is 6.77. The number of benzene rings is 2. The molecule has 2 aromatic carbocycles. The summed E-state index contributed by atoms with van der Waals surface area (Å²) < 4.78 is 11.4. The number of carbonyl (C=O) groups is 1. The largest absolute Gasteiger partial charge is 0.482 e. The maximum absolute atomic E-state index is 11.8. The summed E-state index contributed by atoms with van der Waals surface area (Å²) >= 11 is 3.37. The summed E-state index contributed by atoms with van der Waals surface area (Å²) in [6, 6.07) is 13.2. The van der Waals surface area contributed by atoms with E-state index in [-0.39, 0.29) is 6.61 Å². The van der Waals surface area contributed by atoms with Crippen molar-refractivity contribution in [3.63, 3.8) is 0 Å². The lowest BCUT2D eigenvalue weighted by Gasteiger charge is -2.09. The molecule has 0 heterocycles. The predicted octanol–water partition coefficient (Wildman–Crippen LogP) is 4.30. The molecule has 0 radical (unpaired) electrons. The topological polar surface area (TPSA) is 35.5 Å². The molecule has 0 aliphatic heterocycles. The van der Waals surface area contributed by atoms with Crippen molar-refractivity contribution < 1.29 is 14.3 Å². The molecule has 0 aliphatic rings. The van der Waals surface area contributed by atoms with Crippen LogP contribution in [0.1, 0.15) is 18.1 Å². The number of ether oxygens (including phenoxy) is 2. The summed E-state index contributed by atoms with van der Waals surface area (Å²) in [5, 5.41) is 0. The van der Waals surface area contributed by atoms with Gasteiger partial charge in [0.15, 0.2) is 6.61 Å². The Morgan fingerprint density at radius 2 is 1.86 bits per heavy atom. The Bertz CT molecular complexity index is 620. The molecular formula is C17H17BrO3. The molecule has 0 saturated carbocycles. The van der Waals surface area contributed by atoms with Crippen LogP contribution in [0.5, 0.6) is 11.5 Å². The van der Waals surface area contributed by atoms with E-state index in [1.807, 2.05) is 43.3 Å².